The third-order valence-corrected chi connectivity index (χ3v) is 6.00. The molecule has 1 saturated heterocycles. The Morgan fingerprint density at radius 1 is 0.941 bits per heavy atom. The molecule has 0 aromatic heterocycles. The number of rotatable bonds is 5. The van der Waals surface area contributed by atoms with E-state index in [9.17, 15) is 32.7 Å². The monoisotopic (exact) mass is 483 g/mol. The van der Waals surface area contributed by atoms with Crippen molar-refractivity contribution in [2.24, 2.45) is 0 Å². The van der Waals surface area contributed by atoms with Crippen LogP contribution in [0.3, 0.4) is 0 Å². The summed E-state index contributed by atoms with van der Waals surface area (Å²) in [6.07, 6.45) is -3.58. The number of nitrogens with zero attached hydrogens (tertiary/aromatic N) is 1. The number of hydrogen-bond donors (Lipinski definition) is 1. The lowest BCUT2D eigenvalue weighted by Crippen LogP contribution is -2.27. The van der Waals surface area contributed by atoms with Crippen LogP contribution in [-0.4, -0.2) is 26.9 Å². The van der Waals surface area contributed by atoms with Gasteiger partial charge in [-0.25, -0.2) is 0 Å². The number of benzene rings is 3. The van der Waals surface area contributed by atoms with Crippen molar-refractivity contribution in [2.45, 2.75) is 12.7 Å². The Labute approximate surface area is 196 Å². The maximum Gasteiger partial charge on any atom is 0.419 e. The quantitative estimate of drug-likeness (QED) is 0.363. The number of aromatic hydroxyl groups is 1. The van der Waals surface area contributed by atoms with Crippen LogP contribution in [-0.2, 0) is 17.5 Å². The number of carbonyl (C=O) groups is 3. The third-order valence-electron chi connectivity index (χ3n) is 5.09. The lowest BCUT2D eigenvalue weighted by Gasteiger charge is -2.13. The van der Waals surface area contributed by atoms with Crippen molar-refractivity contribution in [3.8, 4) is 5.75 Å². The van der Waals surface area contributed by atoms with Gasteiger partial charge in [0.2, 0.25) is 0 Å². The molecule has 1 aliphatic heterocycles. The number of imide groups is 1. The minimum absolute atomic E-state index is 0.0272. The Morgan fingerprint density at radius 2 is 1.59 bits per heavy atom. The summed E-state index contributed by atoms with van der Waals surface area (Å²) < 4.78 is 39.1. The van der Waals surface area contributed by atoms with Gasteiger partial charge in [0.1, 0.15) is 5.75 Å². The lowest BCUT2D eigenvalue weighted by atomic mass is 10.0. The van der Waals surface area contributed by atoms with E-state index in [1.165, 1.54) is 12.1 Å². The zero-order valence-corrected chi connectivity index (χ0v) is 18.2. The normalized spacial score (nSPS) is 15.3. The zero-order chi connectivity index (χ0) is 24.5. The fraction of sp³-hybridized carbons (Fsp3) is 0.0800. The van der Waals surface area contributed by atoms with Gasteiger partial charge in [-0.05, 0) is 41.1 Å². The molecule has 34 heavy (non-hydrogen) atoms. The van der Waals surface area contributed by atoms with Crippen LogP contribution in [0.2, 0.25) is 0 Å². The average molecular weight is 483 g/mol. The first kappa shape index (κ1) is 23.3. The van der Waals surface area contributed by atoms with Crippen LogP contribution in [0, 0.1) is 0 Å². The van der Waals surface area contributed by atoms with Crippen molar-refractivity contribution in [3.63, 3.8) is 0 Å². The molecule has 1 aliphatic rings. The van der Waals surface area contributed by atoms with Gasteiger partial charge in [-0.3, -0.25) is 19.3 Å². The molecule has 3 aromatic carbocycles. The largest absolute Gasteiger partial charge is 0.507 e. The summed E-state index contributed by atoms with van der Waals surface area (Å²) in [5.74, 6) is -1.72. The van der Waals surface area contributed by atoms with Crippen molar-refractivity contribution in [1.29, 1.82) is 0 Å². The predicted molar refractivity (Wildman–Crippen MR) is 121 cm³/mol. The summed E-state index contributed by atoms with van der Waals surface area (Å²) in [5.41, 5.74) is 0.396. The van der Waals surface area contributed by atoms with E-state index in [0.29, 0.717) is 34.5 Å². The predicted octanol–water partition coefficient (Wildman–Crippen LogP) is 5.88. The van der Waals surface area contributed by atoms with Crippen molar-refractivity contribution < 1.29 is 32.7 Å². The Bertz CT molecular complexity index is 1300. The molecule has 0 radical (unpaired) electrons. The summed E-state index contributed by atoms with van der Waals surface area (Å²) in [5, 5.41) is 8.89. The van der Waals surface area contributed by atoms with Gasteiger partial charge in [0, 0.05) is 11.1 Å². The number of carbonyl (C=O) groups excluding carboxylic acids is 3. The Balaban J connectivity index is 1.50. The van der Waals surface area contributed by atoms with Gasteiger partial charge in [-0.2, -0.15) is 13.2 Å². The van der Waals surface area contributed by atoms with Gasteiger partial charge in [0.25, 0.3) is 11.1 Å². The van der Waals surface area contributed by atoms with Crippen LogP contribution < -0.4 is 0 Å². The molecule has 172 valence electrons. The molecule has 0 saturated carbocycles. The highest BCUT2D eigenvalue weighted by atomic mass is 32.2. The van der Waals surface area contributed by atoms with Crippen LogP contribution in [0.15, 0.2) is 77.7 Å². The topological polar surface area (TPSA) is 74.7 Å². The zero-order valence-electron chi connectivity index (χ0n) is 17.4. The van der Waals surface area contributed by atoms with Crippen LogP contribution in [0.1, 0.15) is 32.6 Å². The molecular weight excluding hydrogens is 467 g/mol. The fourth-order valence-electron chi connectivity index (χ4n) is 3.36. The molecule has 1 fully saturated rings. The highest BCUT2D eigenvalue weighted by molar-refractivity contribution is 8.18. The number of phenolic OH excluding ortho intramolecular Hbond substituents is 1. The number of hydrogen-bond acceptors (Lipinski definition) is 5. The minimum atomic E-state index is -4.76. The SMILES string of the molecule is O=C(c1ccccc1)c1ccc(CN2C(=O)SC(=Cc3ccc(O)c(C(F)(F)F)c3)C2=O)cc1. The molecule has 0 spiro atoms. The van der Waals surface area contributed by atoms with E-state index in [1.54, 1.807) is 48.5 Å². The Hall–Kier alpha value is -3.85. The third kappa shape index (κ3) is 4.89. The van der Waals surface area contributed by atoms with Gasteiger partial charge < -0.3 is 5.11 Å². The van der Waals surface area contributed by atoms with Gasteiger partial charge in [0.05, 0.1) is 17.0 Å². The summed E-state index contributed by atoms with van der Waals surface area (Å²) in [6, 6.07) is 18.0. The van der Waals surface area contributed by atoms with Crippen LogP contribution >= 0.6 is 11.8 Å². The lowest BCUT2D eigenvalue weighted by molar-refractivity contribution is -0.138. The molecule has 5 nitrogen and oxygen atoms in total. The first-order valence-corrected chi connectivity index (χ1v) is 10.8. The van der Waals surface area contributed by atoms with E-state index in [0.717, 1.165) is 11.0 Å². The molecule has 1 heterocycles. The second-order valence-electron chi connectivity index (χ2n) is 7.43. The molecule has 1 N–H and O–H groups in total. The first-order valence-electron chi connectivity index (χ1n) is 9.98. The second-order valence-corrected chi connectivity index (χ2v) is 8.43. The molecular formula is C25H16F3NO4S. The van der Waals surface area contributed by atoms with E-state index >= 15 is 0 Å². The van der Waals surface area contributed by atoms with E-state index in [2.05, 4.69) is 0 Å². The summed E-state index contributed by atoms with van der Waals surface area (Å²) in [7, 11) is 0. The van der Waals surface area contributed by atoms with Gasteiger partial charge in [-0.15, -0.1) is 0 Å². The van der Waals surface area contributed by atoms with E-state index in [-0.39, 0.29) is 22.8 Å². The van der Waals surface area contributed by atoms with Crippen LogP contribution in [0.4, 0.5) is 18.0 Å². The molecule has 0 unspecified atom stereocenters. The van der Waals surface area contributed by atoms with Gasteiger partial charge in [0.15, 0.2) is 5.78 Å². The number of alkyl halides is 3. The van der Waals surface area contributed by atoms with E-state index < -0.39 is 28.6 Å². The number of phenols is 1. The molecule has 9 heteroatoms. The maximum atomic E-state index is 13.0. The number of thioether (sulfide) groups is 1. The molecule has 3 aromatic rings. The van der Waals surface area contributed by atoms with Crippen molar-refractivity contribution >= 4 is 34.8 Å². The van der Waals surface area contributed by atoms with Gasteiger partial charge >= 0.3 is 6.18 Å². The van der Waals surface area contributed by atoms with Crippen molar-refractivity contribution in [1.82, 2.24) is 4.90 Å². The first-order chi connectivity index (χ1) is 16.1. The molecule has 0 bridgehead atoms. The highest BCUT2D eigenvalue weighted by Gasteiger charge is 2.36. The van der Waals surface area contributed by atoms with Crippen LogP contribution in [0.5, 0.6) is 5.75 Å². The number of ketones is 1. The van der Waals surface area contributed by atoms with E-state index in [4.69, 9.17) is 0 Å². The number of halogens is 3. The van der Waals surface area contributed by atoms with Crippen molar-refractivity contribution in [2.75, 3.05) is 0 Å². The maximum absolute atomic E-state index is 13.0. The minimum Gasteiger partial charge on any atom is -0.507 e. The van der Waals surface area contributed by atoms with Crippen molar-refractivity contribution in [3.05, 3.63) is 106 Å². The van der Waals surface area contributed by atoms with E-state index in [1.807, 2.05) is 6.07 Å². The smallest absolute Gasteiger partial charge is 0.419 e. The molecule has 0 atom stereocenters. The Morgan fingerprint density at radius 3 is 2.24 bits per heavy atom. The summed E-state index contributed by atoms with van der Waals surface area (Å²) >= 11 is 0.619. The Kier molecular flexibility index (Phi) is 6.30. The second kappa shape index (κ2) is 9.18. The highest BCUT2D eigenvalue weighted by Crippen LogP contribution is 2.38. The molecule has 4 rings (SSSR count). The number of amides is 2. The average Bonchev–Trinajstić information content (AvgIpc) is 3.07. The van der Waals surface area contributed by atoms with Crippen LogP contribution in [0.25, 0.3) is 6.08 Å². The standard InChI is InChI=1S/C25H16F3NO4S/c26-25(27,28)19-12-16(8-11-20(19)30)13-21-23(32)29(24(33)34-21)14-15-6-9-18(10-7-15)22(31)17-4-2-1-3-5-17/h1-13,30H,14H2. The molecule has 2 amide bonds. The summed E-state index contributed by atoms with van der Waals surface area (Å²) in [6.45, 7) is -0.0504. The van der Waals surface area contributed by atoms with Gasteiger partial charge in [-0.1, -0.05) is 60.7 Å². The summed E-state index contributed by atoms with van der Waals surface area (Å²) in [4.78, 5) is 38.6. The fourth-order valence-corrected chi connectivity index (χ4v) is 4.20. The molecule has 0 aliphatic carbocycles.